The van der Waals surface area contributed by atoms with Crippen LogP contribution in [0.2, 0.25) is 0 Å². The van der Waals surface area contributed by atoms with Gasteiger partial charge in [-0.3, -0.25) is 0 Å². The van der Waals surface area contributed by atoms with Crippen LogP contribution < -0.4 is 5.32 Å². The van der Waals surface area contributed by atoms with Crippen molar-refractivity contribution in [1.82, 2.24) is 10.3 Å². The van der Waals surface area contributed by atoms with Crippen molar-refractivity contribution in [2.75, 3.05) is 6.54 Å². The summed E-state index contributed by atoms with van der Waals surface area (Å²) in [6.45, 7) is 9.51. The minimum Gasteiger partial charge on any atom is -0.311 e. The molecule has 0 radical (unpaired) electrons. The van der Waals surface area contributed by atoms with Crippen molar-refractivity contribution in [3.63, 3.8) is 0 Å². The summed E-state index contributed by atoms with van der Waals surface area (Å²) < 4.78 is 0. The Bertz CT molecular complexity index is 315. The predicted octanol–water partition coefficient (Wildman–Crippen LogP) is 2.85. The van der Waals surface area contributed by atoms with Gasteiger partial charge in [-0.15, -0.1) is 11.3 Å². The molecule has 1 unspecified atom stereocenters. The van der Waals surface area contributed by atoms with E-state index >= 15 is 0 Å². The fourth-order valence-electron chi connectivity index (χ4n) is 1.26. The van der Waals surface area contributed by atoms with Crippen molar-refractivity contribution < 1.29 is 0 Å². The summed E-state index contributed by atoms with van der Waals surface area (Å²) in [6, 6.07) is 0.447. The maximum atomic E-state index is 4.23. The van der Waals surface area contributed by atoms with E-state index in [1.54, 1.807) is 11.3 Å². The van der Waals surface area contributed by atoms with Crippen LogP contribution in [0.4, 0.5) is 0 Å². The van der Waals surface area contributed by atoms with Crippen LogP contribution in [0.25, 0.3) is 6.08 Å². The first kappa shape index (κ1) is 11.4. The maximum Gasteiger partial charge on any atom is 0.0900 e. The third kappa shape index (κ3) is 3.24. The highest BCUT2D eigenvalue weighted by atomic mass is 32.1. The SMILES string of the molecule is CCNC(C)C(C)=Cc1cnc(C)s1. The van der Waals surface area contributed by atoms with E-state index in [1.807, 2.05) is 13.1 Å². The van der Waals surface area contributed by atoms with Crippen molar-refractivity contribution >= 4 is 17.4 Å². The van der Waals surface area contributed by atoms with E-state index in [0.29, 0.717) is 6.04 Å². The minimum absolute atomic E-state index is 0.447. The first-order valence-corrected chi connectivity index (χ1v) is 5.79. The van der Waals surface area contributed by atoms with Gasteiger partial charge >= 0.3 is 0 Å². The summed E-state index contributed by atoms with van der Waals surface area (Å²) in [4.78, 5) is 5.47. The molecule has 1 aromatic rings. The van der Waals surface area contributed by atoms with E-state index in [2.05, 4.69) is 37.1 Å². The average molecular weight is 210 g/mol. The molecule has 78 valence electrons. The minimum atomic E-state index is 0.447. The van der Waals surface area contributed by atoms with Crippen LogP contribution in [0.15, 0.2) is 11.8 Å². The molecule has 0 saturated carbocycles. The molecule has 1 atom stereocenters. The number of aryl methyl sites for hydroxylation is 1. The normalized spacial score (nSPS) is 14.4. The van der Waals surface area contributed by atoms with Gasteiger partial charge in [-0.05, 0) is 33.4 Å². The van der Waals surface area contributed by atoms with Crippen LogP contribution in [0.1, 0.15) is 30.7 Å². The fourth-order valence-corrected chi connectivity index (χ4v) is 2.06. The van der Waals surface area contributed by atoms with Crippen molar-refractivity contribution in [2.24, 2.45) is 0 Å². The number of hydrogen-bond donors (Lipinski definition) is 1. The van der Waals surface area contributed by atoms with Crippen molar-refractivity contribution in [3.8, 4) is 0 Å². The van der Waals surface area contributed by atoms with E-state index < -0.39 is 0 Å². The molecule has 2 nitrogen and oxygen atoms in total. The lowest BCUT2D eigenvalue weighted by Gasteiger charge is -2.12. The predicted molar refractivity (Wildman–Crippen MR) is 63.6 cm³/mol. The van der Waals surface area contributed by atoms with Crippen LogP contribution in [0.3, 0.4) is 0 Å². The molecule has 0 aliphatic carbocycles. The Hall–Kier alpha value is -0.670. The van der Waals surface area contributed by atoms with Crippen molar-refractivity contribution in [1.29, 1.82) is 0 Å². The van der Waals surface area contributed by atoms with Gasteiger partial charge in [0, 0.05) is 17.1 Å². The Morgan fingerprint density at radius 2 is 2.43 bits per heavy atom. The van der Waals surface area contributed by atoms with Gasteiger partial charge in [0.2, 0.25) is 0 Å². The van der Waals surface area contributed by atoms with Crippen molar-refractivity contribution in [2.45, 2.75) is 33.7 Å². The van der Waals surface area contributed by atoms with E-state index in [-0.39, 0.29) is 0 Å². The van der Waals surface area contributed by atoms with Crippen molar-refractivity contribution in [3.05, 3.63) is 21.7 Å². The van der Waals surface area contributed by atoms with Gasteiger partial charge in [-0.25, -0.2) is 4.98 Å². The fraction of sp³-hybridized carbons (Fsp3) is 0.545. The van der Waals surface area contributed by atoms with Crippen LogP contribution in [-0.2, 0) is 0 Å². The number of rotatable bonds is 4. The van der Waals surface area contributed by atoms with Gasteiger partial charge in [-0.2, -0.15) is 0 Å². The largest absolute Gasteiger partial charge is 0.311 e. The zero-order valence-electron chi connectivity index (χ0n) is 9.29. The lowest BCUT2D eigenvalue weighted by Crippen LogP contribution is -2.26. The highest BCUT2D eigenvalue weighted by molar-refractivity contribution is 7.12. The molecular formula is C11H18N2S. The van der Waals surface area contributed by atoms with Gasteiger partial charge in [0.25, 0.3) is 0 Å². The summed E-state index contributed by atoms with van der Waals surface area (Å²) in [5.41, 5.74) is 1.36. The topological polar surface area (TPSA) is 24.9 Å². The highest BCUT2D eigenvalue weighted by Crippen LogP contribution is 2.16. The molecule has 0 aromatic carbocycles. The molecule has 0 bridgehead atoms. The van der Waals surface area contributed by atoms with Gasteiger partial charge in [0.05, 0.1) is 5.01 Å². The number of thiazole rings is 1. The summed E-state index contributed by atoms with van der Waals surface area (Å²) in [5, 5.41) is 4.51. The zero-order chi connectivity index (χ0) is 10.6. The maximum absolute atomic E-state index is 4.23. The molecule has 1 heterocycles. The summed E-state index contributed by atoms with van der Waals surface area (Å²) in [7, 11) is 0. The molecule has 0 aliphatic heterocycles. The Labute approximate surface area is 90.1 Å². The number of nitrogens with one attached hydrogen (secondary N) is 1. The lowest BCUT2D eigenvalue weighted by atomic mass is 10.1. The average Bonchev–Trinajstić information content (AvgIpc) is 2.51. The second-order valence-corrected chi connectivity index (χ2v) is 4.72. The summed E-state index contributed by atoms with van der Waals surface area (Å²) >= 11 is 1.74. The van der Waals surface area contributed by atoms with Gasteiger partial charge in [0.1, 0.15) is 0 Å². The third-order valence-corrected chi connectivity index (χ3v) is 3.06. The zero-order valence-corrected chi connectivity index (χ0v) is 10.1. The number of likely N-dealkylation sites (N-methyl/N-ethyl adjacent to an activating group) is 1. The number of aromatic nitrogens is 1. The molecular weight excluding hydrogens is 192 g/mol. The van der Waals surface area contributed by atoms with E-state index in [0.717, 1.165) is 11.6 Å². The Balaban J connectivity index is 2.67. The quantitative estimate of drug-likeness (QED) is 0.826. The molecule has 1 rings (SSSR count). The van der Waals surface area contributed by atoms with E-state index in [1.165, 1.54) is 10.5 Å². The molecule has 3 heteroatoms. The summed E-state index contributed by atoms with van der Waals surface area (Å²) in [6.07, 6.45) is 4.14. The number of hydrogen-bond acceptors (Lipinski definition) is 3. The molecule has 0 aliphatic rings. The molecule has 0 amide bonds. The van der Waals surface area contributed by atoms with E-state index in [4.69, 9.17) is 0 Å². The van der Waals surface area contributed by atoms with Crippen LogP contribution in [0, 0.1) is 6.92 Å². The second kappa shape index (κ2) is 5.27. The van der Waals surface area contributed by atoms with Crippen LogP contribution in [-0.4, -0.2) is 17.6 Å². The molecule has 0 fully saturated rings. The Kier molecular flexibility index (Phi) is 4.29. The van der Waals surface area contributed by atoms with Gasteiger partial charge in [0.15, 0.2) is 0 Å². The molecule has 14 heavy (non-hydrogen) atoms. The number of nitrogens with zero attached hydrogens (tertiary/aromatic N) is 1. The lowest BCUT2D eigenvalue weighted by molar-refractivity contribution is 0.636. The van der Waals surface area contributed by atoms with Crippen LogP contribution in [0.5, 0.6) is 0 Å². The smallest absolute Gasteiger partial charge is 0.0900 e. The first-order valence-electron chi connectivity index (χ1n) is 4.97. The molecule has 0 saturated heterocycles. The van der Waals surface area contributed by atoms with Gasteiger partial charge in [-0.1, -0.05) is 12.5 Å². The third-order valence-electron chi connectivity index (χ3n) is 2.20. The Morgan fingerprint density at radius 1 is 1.71 bits per heavy atom. The van der Waals surface area contributed by atoms with Crippen LogP contribution >= 0.6 is 11.3 Å². The Morgan fingerprint density at radius 3 is 2.93 bits per heavy atom. The monoisotopic (exact) mass is 210 g/mol. The first-order chi connectivity index (χ1) is 6.63. The van der Waals surface area contributed by atoms with E-state index in [9.17, 15) is 0 Å². The molecule has 1 aromatic heterocycles. The molecule has 1 N–H and O–H groups in total. The highest BCUT2D eigenvalue weighted by Gasteiger charge is 2.02. The summed E-state index contributed by atoms with van der Waals surface area (Å²) in [5.74, 6) is 0. The second-order valence-electron chi connectivity index (χ2n) is 3.45. The molecule has 0 spiro atoms. The standard InChI is InChI=1S/C11H18N2S/c1-5-12-9(3)8(2)6-11-7-13-10(4)14-11/h6-7,9,12H,5H2,1-4H3. The van der Waals surface area contributed by atoms with Gasteiger partial charge < -0.3 is 5.32 Å².